The van der Waals surface area contributed by atoms with Crippen molar-refractivity contribution in [1.82, 2.24) is 9.80 Å². The van der Waals surface area contributed by atoms with Crippen LogP contribution in [0.15, 0.2) is 36.4 Å². The average molecular weight is 529 g/mol. The predicted octanol–water partition coefficient (Wildman–Crippen LogP) is 4.76. The van der Waals surface area contributed by atoms with Gasteiger partial charge in [-0.25, -0.2) is 4.79 Å². The number of esters is 1. The molecule has 7 nitrogen and oxygen atoms in total. The molecule has 4 rings (SSSR count). The predicted molar refractivity (Wildman–Crippen MR) is 145 cm³/mol. The molecular weight excluding hydrogens is 488 g/mol. The molecule has 2 aromatic rings. The fourth-order valence-corrected chi connectivity index (χ4v) is 5.88. The van der Waals surface area contributed by atoms with E-state index in [0.717, 1.165) is 87.4 Å². The first-order valence-corrected chi connectivity index (χ1v) is 14.5. The maximum absolute atomic E-state index is 12.4. The van der Waals surface area contributed by atoms with Crippen molar-refractivity contribution in [3.8, 4) is 0 Å². The van der Waals surface area contributed by atoms with E-state index in [0.29, 0.717) is 24.4 Å². The molecule has 2 atom stereocenters. The zero-order chi connectivity index (χ0) is 26.0. The number of likely N-dealkylation sites (tertiary alicyclic amines) is 1. The van der Waals surface area contributed by atoms with E-state index in [1.54, 1.807) is 0 Å². The summed E-state index contributed by atoms with van der Waals surface area (Å²) in [4.78, 5) is 30.6. The van der Waals surface area contributed by atoms with E-state index in [-0.39, 0.29) is 17.9 Å². The van der Waals surface area contributed by atoms with Gasteiger partial charge in [-0.3, -0.25) is 9.69 Å². The Morgan fingerprint density at radius 2 is 1.89 bits per heavy atom. The number of ether oxygens (including phenoxy) is 2. The van der Waals surface area contributed by atoms with E-state index in [1.807, 2.05) is 29.2 Å². The topological polar surface area (TPSA) is 79.3 Å². The Labute approximate surface area is 224 Å². The minimum atomic E-state index is -0.419. The SMILES string of the molecule is CCCCC[C@@H](O)c1ccc(C2CC(=O)N2CCCc2ccc(C(=O)OCCN3CCOCC3)s2)cc1. The van der Waals surface area contributed by atoms with Gasteiger partial charge < -0.3 is 19.5 Å². The zero-order valence-electron chi connectivity index (χ0n) is 21.9. The molecule has 1 amide bonds. The minimum Gasteiger partial charge on any atom is -0.460 e. The monoisotopic (exact) mass is 528 g/mol. The summed E-state index contributed by atoms with van der Waals surface area (Å²) in [5.74, 6) is -0.0779. The highest BCUT2D eigenvalue weighted by Gasteiger charge is 2.36. The lowest BCUT2D eigenvalue weighted by molar-refractivity contribution is -0.146. The van der Waals surface area contributed by atoms with Crippen molar-refractivity contribution >= 4 is 23.2 Å². The fraction of sp³-hybridized carbons (Fsp3) is 0.586. The second-order valence-electron chi connectivity index (χ2n) is 9.94. The van der Waals surface area contributed by atoms with Crippen molar-refractivity contribution < 1.29 is 24.2 Å². The summed E-state index contributed by atoms with van der Waals surface area (Å²) in [5.41, 5.74) is 2.08. The standard InChI is InChI=1S/C29H40N2O5S/c1-2-3-4-7-26(32)23-10-8-22(9-11-23)25-21-28(33)31(25)14-5-6-24-12-13-27(37-24)29(34)36-20-17-30-15-18-35-19-16-30/h8-13,25-26,32H,2-7,14-21H2,1H3/t25?,26-/m1/s1. The number of carbonyl (C=O) groups excluding carboxylic acids is 2. The molecule has 1 N–H and O–H groups in total. The Bertz CT molecular complexity index is 1000. The average Bonchev–Trinajstić information content (AvgIpc) is 3.39. The van der Waals surface area contributed by atoms with Gasteiger partial charge in [-0.05, 0) is 42.5 Å². The van der Waals surface area contributed by atoms with Gasteiger partial charge in [0.2, 0.25) is 5.91 Å². The number of hydrogen-bond donors (Lipinski definition) is 1. The largest absolute Gasteiger partial charge is 0.460 e. The quantitative estimate of drug-likeness (QED) is 0.216. The van der Waals surface area contributed by atoms with Gasteiger partial charge in [0.1, 0.15) is 11.5 Å². The van der Waals surface area contributed by atoms with E-state index in [2.05, 4.69) is 24.0 Å². The molecule has 2 aliphatic rings. The molecule has 0 spiro atoms. The van der Waals surface area contributed by atoms with Crippen molar-refractivity contribution in [3.63, 3.8) is 0 Å². The number of aliphatic hydroxyl groups is 1. The van der Waals surface area contributed by atoms with Crippen LogP contribution < -0.4 is 0 Å². The Morgan fingerprint density at radius 1 is 1.11 bits per heavy atom. The highest BCUT2D eigenvalue weighted by molar-refractivity contribution is 7.13. The van der Waals surface area contributed by atoms with Crippen LogP contribution in [0.4, 0.5) is 0 Å². The van der Waals surface area contributed by atoms with Crippen LogP contribution in [0, 0.1) is 0 Å². The van der Waals surface area contributed by atoms with Crippen LogP contribution >= 0.6 is 11.3 Å². The third-order valence-electron chi connectivity index (χ3n) is 7.28. The Kier molecular flexibility index (Phi) is 10.5. The molecule has 0 bridgehead atoms. The number of aliphatic hydroxyl groups excluding tert-OH is 1. The van der Waals surface area contributed by atoms with Crippen LogP contribution in [-0.2, 0) is 20.7 Å². The second kappa shape index (κ2) is 14.0. The van der Waals surface area contributed by atoms with Crippen molar-refractivity contribution in [2.45, 2.75) is 64.0 Å². The molecule has 3 heterocycles. The molecule has 2 fully saturated rings. The van der Waals surface area contributed by atoms with Crippen molar-refractivity contribution in [2.75, 3.05) is 46.0 Å². The molecule has 0 saturated carbocycles. The van der Waals surface area contributed by atoms with Gasteiger partial charge >= 0.3 is 5.97 Å². The zero-order valence-corrected chi connectivity index (χ0v) is 22.7. The van der Waals surface area contributed by atoms with Crippen LogP contribution in [0.3, 0.4) is 0 Å². The molecule has 2 saturated heterocycles. The van der Waals surface area contributed by atoms with Crippen LogP contribution in [0.1, 0.15) is 83.3 Å². The summed E-state index contributed by atoms with van der Waals surface area (Å²) in [6, 6.07) is 12.0. The first-order chi connectivity index (χ1) is 18.0. The van der Waals surface area contributed by atoms with Gasteiger partial charge in [0.15, 0.2) is 0 Å². The fourth-order valence-electron chi connectivity index (χ4n) is 4.94. The minimum absolute atomic E-state index is 0.110. The number of rotatable bonds is 14. The highest BCUT2D eigenvalue weighted by atomic mass is 32.1. The van der Waals surface area contributed by atoms with E-state index in [9.17, 15) is 14.7 Å². The number of benzene rings is 1. The van der Waals surface area contributed by atoms with E-state index in [4.69, 9.17) is 9.47 Å². The number of β-lactam (4-membered cyclic amide) rings is 1. The molecular formula is C29H40N2O5S. The molecule has 37 heavy (non-hydrogen) atoms. The van der Waals surface area contributed by atoms with Gasteiger partial charge in [-0.15, -0.1) is 11.3 Å². The number of nitrogens with zero attached hydrogens (tertiary/aromatic N) is 2. The van der Waals surface area contributed by atoms with Crippen molar-refractivity contribution in [3.05, 3.63) is 57.3 Å². The van der Waals surface area contributed by atoms with Gasteiger partial charge in [0.25, 0.3) is 0 Å². The lowest BCUT2D eigenvalue weighted by atomic mass is 9.92. The summed E-state index contributed by atoms with van der Waals surface area (Å²) >= 11 is 1.48. The molecule has 1 aromatic heterocycles. The van der Waals surface area contributed by atoms with Gasteiger partial charge in [0, 0.05) is 31.1 Å². The number of unbranched alkanes of at least 4 members (excludes halogenated alkanes) is 2. The van der Waals surface area contributed by atoms with Crippen molar-refractivity contribution in [2.24, 2.45) is 0 Å². The van der Waals surface area contributed by atoms with Crippen molar-refractivity contribution in [1.29, 1.82) is 0 Å². The number of amides is 1. The Hall–Kier alpha value is -2.26. The number of hydrogen-bond acceptors (Lipinski definition) is 7. The Balaban J connectivity index is 1.19. The first-order valence-electron chi connectivity index (χ1n) is 13.7. The van der Waals surface area contributed by atoms with Gasteiger partial charge in [0.05, 0.1) is 31.8 Å². The molecule has 1 unspecified atom stereocenters. The summed E-state index contributed by atoms with van der Waals surface area (Å²) < 4.78 is 10.8. The van der Waals surface area contributed by atoms with Gasteiger partial charge in [-0.1, -0.05) is 50.5 Å². The summed E-state index contributed by atoms with van der Waals surface area (Å²) in [7, 11) is 0. The molecule has 1 aromatic carbocycles. The third-order valence-corrected chi connectivity index (χ3v) is 8.41. The van der Waals surface area contributed by atoms with Crippen LogP contribution in [0.2, 0.25) is 0 Å². The maximum Gasteiger partial charge on any atom is 0.348 e. The maximum atomic E-state index is 12.4. The normalized spacial score (nSPS) is 19.0. The third kappa shape index (κ3) is 7.87. The van der Waals surface area contributed by atoms with Crippen LogP contribution in [-0.4, -0.2) is 72.8 Å². The Morgan fingerprint density at radius 3 is 2.62 bits per heavy atom. The molecule has 202 valence electrons. The van der Waals surface area contributed by atoms with Crippen LogP contribution in [0.25, 0.3) is 0 Å². The summed E-state index contributed by atoms with van der Waals surface area (Å²) in [6.45, 7) is 7.23. The molecule has 8 heteroatoms. The number of morpholine rings is 1. The van der Waals surface area contributed by atoms with E-state index in [1.165, 1.54) is 11.3 Å². The molecule has 2 aliphatic heterocycles. The van der Waals surface area contributed by atoms with Gasteiger partial charge in [-0.2, -0.15) is 0 Å². The number of thiophene rings is 1. The van der Waals surface area contributed by atoms with E-state index >= 15 is 0 Å². The molecule has 0 radical (unpaired) electrons. The first kappa shape index (κ1) is 27.8. The number of aryl methyl sites for hydroxylation is 1. The highest BCUT2D eigenvalue weighted by Crippen LogP contribution is 2.35. The smallest absolute Gasteiger partial charge is 0.348 e. The molecule has 0 aliphatic carbocycles. The van der Waals surface area contributed by atoms with E-state index < -0.39 is 6.10 Å². The summed E-state index contributed by atoms with van der Waals surface area (Å²) in [6.07, 6.45) is 5.90. The lowest BCUT2D eigenvalue weighted by Crippen LogP contribution is -2.46. The summed E-state index contributed by atoms with van der Waals surface area (Å²) in [5, 5.41) is 10.4. The number of carbonyl (C=O) groups is 2. The van der Waals surface area contributed by atoms with Crippen LogP contribution in [0.5, 0.6) is 0 Å². The second-order valence-corrected chi connectivity index (χ2v) is 11.1. The lowest BCUT2D eigenvalue weighted by Gasteiger charge is -2.41.